The lowest BCUT2D eigenvalue weighted by Crippen LogP contribution is -2.47. The molecule has 20 rings (SSSR count). The number of alkyl halides is 2. The van der Waals surface area contributed by atoms with Gasteiger partial charge in [-0.05, 0) is 130 Å². The van der Waals surface area contributed by atoms with Gasteiger partial charge < -0.3 is 50.3 Å². The molecule has 4 aliphatic rings. The topological polar surface area (TPSA) is 354 Å². The van der Waals surface area contributed by atoms with Crippen LogP contribution in [0.25, 0.3) is 84.5 Å². The van der Waals surface area contributed by atoms with Gasteiger partial charge in [-0.15, -0.1) is 45.3 Å². The van der Waals surface area contributed by atoms with Gasteiger partial charge in [-0.1, -0.05) is 94.9 Å². The minimum Gasteiger partial charge on any atom is -0.380 e. The second-order valence-corrected chi connectivity index (χ2v) is 36.0. The van der Waals surface area contributed by atoms with E-state index in [-0.39, 0.29) is 79.6 Å². The van der Waals surface area contributed by atoms with Crippen LogP contribution in [0.4, 0.5) is 32.1 Å². The SMILES string of the molecule is C[C@H](Nc1ncnc2scnc12)c1cc2cccc(Cl)c2c(C(=O)N2CCC(F)(F)CC2)n1.C[C@H](Nc1ncnc2scnc12)c1cc2cccc(Cl)c2c(C(=O)N2CCCCC2)n1.C[C@H](Nc1ncnc2scnc12)c1cc2cccc(Cl)c2c(C(=O)N2CCCOCC2)n1.C[C@H](Nc1ncnc2scnc12)c1cc2cccc(Cl)c2c(C(=O)N2CCOC[C@@H]2C)n1. The van der Waals surface area contributed by atoms with Crippen LogP contribution in [-0.4, -0.2) is 207 Å². The van der Waals surface area contributed by atoms with Gasteiger partial charge in [-0.2, -0.15) is 0 Å². The number of ether oxygens (including phenoxy) is 2. The molecule has 0 spiro atoms. The number of aromatic nitrogens is 16. The molecule has 4 aliphatic heterocycles. The third kappa shape index (κ3) is 19.3. The third-order valence-electron chi connectivity index (χ3n) is 22.4. The van der Waals surface area contributed by atoms with E-state index >= 15 is 0 Å². The number of piperidine rings is 2. The third-order valence-corrected chi connectivity index (χ3v) is 26.6. The van der Waals surface area contributed by atoms with Crippen molar-refractivity contribution in [1.29, 1.82) is 0 Å². The summed E-state index contributed by atoms with van der Waals surface area (Å²) in [4.78, 5) is 135. The Labute approximate surface area is 767 Å². The number of rotatable bonds is 16. The summed E-state index contributed by atoms with van der Waals surface area (Å²) in [6.45, 7) is 15.2. The molecule has 0 unspecified atom stereocenters. The van der Waals surface area contributed by atoms with Crippen LogP contribution < -0.4 is 21.3 Å². The van der Waals surface area contributed by atoms with Crippen LogP contribution in [0.3, 0.4) is 0 Å². The molecule has 4 fully saturated rings. The predicted octanol–water partition coefficient (Wildman–Crippen LogP) is 19.1. The van der Waals surface area contributed by atoms with E-state index in [0.717, 1.165) is 96.5 Å². The quantitative estimate of drug-likeness (QED) is 0.0698. The predicted molar refractivity (Wildman–Crippen MR) is 498 cm³/mol. The highest BCUT2D eigenvalue weighted by atomic mass is 35.5. The fraction of sp³-hybridized carbons (Fsp3) is 0.318. The number of nitrogens with zero attached hydrogens (tertiary/aromatic N) is 20. The van der Waals surface area contributed by atoms with E-state index < -0.39 is 11.8 Å². The van der Waals surface area contributed by atoms with Gasteiger partial charge in [0.05, 0.1) is 115 Å². The Balaban J connectivity index is 0.000000120. The summed E-state index contributed by atoms with van der Waals surface area (Å²) in [5.41, 5.74) is 13.8. The Kier molecular flexibility index (Phi) is 27.1. The number of fused-ring (bicyclic) bond motifs is 8. The number of anilines is 4. The lowest BCUT2D eigenvalue weighted by Gasteiger charge is -2.33. The molecule has 16 aromatic rings. The van der Waals surface area contributed by atoms with Gasteiger partial charge in [0, 0.05) is 86.8 Å². The van der Waals surface area contributed by atoms with Crippen molar-refractivity contribution in [2.75, 3.05) is 93.5 Å². The molecule has 4 amide bonds. The first-order valence-corrected chi connectivity index (χ1v) is 46.4. The summed E-state index contributed by atoms with van der Waals surface area (Å²) in [6.07, 6.45) is 9.28. The number of morpholine rings is 1. The maximum Gasteiger partial charge on any atom is 0.273 e. The van der Waals surface area contributed by atoms with Gasteiger partial charge in [-0.3, -0.25) is 19.2 Å². The van der Waals surface area contributed by atoms with Crippen LogP contribution in [0.5, 0.6) is 0 Å². The van der Waals surface area contributed by atoms with E-state index in [0.29, 0.717) is 156 Å². The summed E-state index contributed by atoms with van der Waals surface area (Å²) < 4.78 is 38.3. The summed E-state index contributed by atoms with van der Waals surface area (Å²) >= 11 is 31.8. The second-order valence-electron chi connectivity index (χ2n) is 31.0. The van der Waals surface area contributed by atoms with Gasteiger partial charge in [0.25, 0.3) is 29.6 Å². The molecule has 30 nitrogen and oxygen atoms in total. The van der Waals surface area contributed by atoms with Crippen molar-refractivity contribution in [3.05, 3.63) is 210 Å². The zero-order valence-electron chi connectivity index (χ0n) is 69.6. The van der Waals surface area contributed by atoms with Crippen LogP contribution in [0.2, 0.25) is 20.1 Å². The van der Waals surface area contributed by atoms with Crippen molar-refractivity contribution in [2.45, 2.75) is 109 Å². The molecule has 5 atom stereocenters. The lowest BCUT2D eigenvalue weighted by atomic mass is 10.0. The monoisotopic (exact) mass is 1880 g/mol. The number of halogens is 6. The minimum atomic E-state index is -2.75. The summed E-state index contributed by atoms with van der Waals surface area (Å²) in [7, 11) is 0. The molecule has 0 saturated carbocycles. The number of thiazole rings is 4. The van der Waals surface area contributed by atoms with Crippen molar-refractivity contribution >= 4 is 223 Å². The fourth-order valence-corrected chi connectivity index (χ4v) is 19.3. The fourth-order valence-electron chi connectivity index (χ4n) is 15.7. The summed E-state index contributed by atoms with van der Waals surface area (Å²) in [6, 6.07) is 29.0. The molecule has 4 aromatic carbocycles. The van der Waals surface area contributed by atoms with Crippen LogP contribution >= 0.6 is 91.8 Å². The van der Waals surface area contributed by atoms with Gasteiger partial charge in [-0.25, -0.2) is 88.5 Å². The zero-order valence-corrected chi connectivity index (χ0v) is 75.8. The van der Waals surface area contributed by atoms with Crippen LogP contribution in [0, 0.1) is 0 Å². The van der Waals surface area contributed by atoms with E-state index in [2.05, 4.69) is 86.1 Å². The summed E-state index contributed by atoms with van der Waals surface area (Å²) in [5.74, 6) is -1.01. The van der Waals surface area contributed by atoms with E-state index in [1.807, 2.05) is 106 Å². The Hall–Kier alpha value is -11.6. The van der Waals surface area contributed by atoms with Crippen molar-refractivity contribution in [3.8, 4) is 0 Å². The van der Waals surface area contributed by atoms with Crippen molar-refractivity contribution in [1.82, 2.24) is 99.3 Å². The Morgan fingerprint density at radius 3 is 1.05 bits per heavy atom. The number of amides is 4. The highest BCUT2D eigenvalue weighted by Crippen LogP contribution is 2.39. The molecule has 40 heteroatoms. The van der Waals surface area contributed by atoms with Crippen LogP contribution in [0.1, 0.15) is 162 Å². The minimum absolute atomic E-state index is 0.0275. The number of carbonyl (C=O) groups excluding carboxylic acids is 4. The van der Waals surface area contributed by atoms with E-state index in [1.54, 1.807) is 62.2 Å². The first-order valence-electron chi connectivity index (χ1n) is 41.4. The Morgan fingerprint density at radius 2 is 0.703 bits per heavy atom. The normalized spacial score (nSPS) is 16.4. The number of carbonyl (C=O) groups is 4. The van der Waals surface area contributed by atoms with E-state index in [4.69, 9.17) is 70.8 Å². The first kappa shape index (κ1) is 88.4. The molecule has 4 N–H and O–H groups in total. The highest BCUT2D eigenvalue weighted by molar-refractivity contribution is 7.17. The number of pyridine rings is 4. The average molecular weight is 1880 g/mol. The molecule has 4 saturated heterocycles. The molecule has 0 aliphatic carbocycles. The Morgan fingerprint density at radius 1 is 0.391 bits per heavy atom. The smallest absolute Gasteiger partial charge is 0.273 e. The summed E-state index contributed by atoms with van der Waals surface area (Å²) in [5, 5.41) is 21.3. The lowest BCUT2D eigenvalue weighted by molar-refractivity contribution is -0.0495. The highest BCUT2D eigenvalue weighted by Gasteiger charge is 2.38. The van der Waals surface area contributed by atoms with Crippen molar-refractivity contribution in [2.24, 2.45) is 0 Å². The van der Waals surface area contributed by atoms with Gasteiger partial charge >= 0.3 is 0 Å². The van der Waals surface area contributed by atoms with E-state index in [9.17, 15) is 28.0 Å². The number of likely N-dealkylation sites (tertiary alicyclic amines) is 2. The van der Waals surface area contributed by atoms with Gasteiger partial charge in [0.1, 0.15) is 89.5 Å². The molecule has 0 radical (unpaired) electrons. The molecular formula is C88H82Cl4F2N24O6S4. The van der Waals surface area contributed by atoms with Crippen molar-refractivity contribution in [3.63, 3.8) is 0 Å². The number of hydrogen-bond donors (Lipinski definition) is 4. The molecule has 12 aromatic heterocycles. The average Bonchev–Trinajstić information content (AvgIpc) is 0.960. The van der Waals surface area contributed by atoms with Crippen LogP contribution in [0.15, 0.2) is 144 Å². The molecule has 16 heterocycles. The maximum atomic E-state index is 13.6. The standard InChI is InChI=1S/C22H19ClF2N6OS.2C22H21ClN6O2S.C22H21ClN6OS/c1-12(29-19-18-20(27-10-26-19)33-11-28-18)15-9-13-3-2-4-14(23)16(13)17(30-15)21(32)31-7-5-22(24,25)6-8-31;1-12-9-31-7-6-29(12)22(30)18-17-14(4-3-5-15(17)23)8-16(28-18)13(2)27-20-19-21(25-10-24-20)32-11-26-19;1-13(27-20-19-21(25-11-24-20)32-12-26-19)16-10-14-4-2-5-15(23)17(14)18(28-16)22(30)29-6-3-8-31-9-7-29;1-13(27-20-19-21(25-11-24-20)31-12-26-19)16-10-14-6-5-7-15(23)17(14)18(28-16)22(30)29-8-3-2-4-9-29/h2-4,9-12H,5-8H2,1H3,(H,26,27,29);3-5,8,10-13H,6-7,9H2,1-2H3,(H,24,25,27);2,4-5,10-13H,3,6-9H2,1H3,(H,24,25,27);5-7,10-13H,2-4,8-9H2,1H3,(H,24,25,27)/t12-;12-,13-;2*13-/m0000/s1. The molecule has 0 bridgehead atoms. The molecule has 128 heavy (non-hydrogen) atoms. The maximum absolute atomic E-state index is 13.6. The van der Waals surface area contributed by atoms with Crippen LogP contribution in [-0.2, 0) is 9.47 Å². The first-order chi connectivity index (χ1) is 62.1. The zero-order chi connectivity index (χ0) is 88.9. The van der Waals surface area contributed by atoms with Gasteiger partial charge in [0.15, 0.2) is 23.3 Å². The number of nitrogens with one attached hydrogen (secondary N) is 4. The number of benzene rings is 4. The van der Waals surface area contributed by atoms with E-state index in [1.165, 1.54) is 75.6 Å². The Bertz CT molecular complexity index is 6840. The van der Waals surface area contributed by atoms with Crippen molar-refractivity contribution < 1.29 is 37.4 Å². The molecule has 656 valence electrons. The second kappa shape index (κ2) is 39.2. The largest absolute Gasteiger partial charge is 0.380 e. The number of hydrogen-bond acceptors (Lipinski definition) is 30. The van der Waals surface area contributed by atoms with Gasteiger partial charge in [0.2, 0.25) is 0 Å². The molecular weight excluding hydrogens is 1800 g/mol.